The number of aliphatic hydroxyl groups is 1. The molecule has 0 aliphatic heterocycles. The van der Waals surface area contributed by atoms with Gasteiger partial charge in [0.15, 0.2) is 0 Å². The first-order valence-corrected chi connectivity index (χ1v) is 8.26. The molecular weight excluding hydrogens is 320 g/mol. The van der Waals surface area contributed by atoms with Crippen LogP contribution in [0, 0.1) is 11.8 Å². The first-order valence-electron chi connectivity index (χ1n) is 7.44. The van der Waals surface area contributed by atoms with E-state index in [1.165, 1.54) is 11.3 Å². The van der Waals surface area contributed by atoms with E-state index in [-0.39, 0.29) is 0 Å². The second-order valence-corrected chi connectivity index (χ2v) is 6.05. The maximum atomic E-state index is 9.16. The maximum Gasteiger partial charge on any atom is 0.279 e. The van der Waals surface area contributed by atoms with Crippen LogP contribution in [0.5, 0.6) is 10.9 Å². The van der Waals surface area contributed by atoms with Crippen LogP contribution in [-0.2, 0) is 0 Å². The van der Waals surface area contributed by atoms with Gasteiger partial charge in [-0.15, -0.1) is 0 Å². The first-order chi connectivity index (χ1) is 11.7. The Morgan fingerprint density at radius 1 is 1.08 bits per heavy atom. The molecule has 1 unspecified atom stereocenters. The van der Waals surface area contributed by atoms with Gasteiger partial charge in [-0.25, -0.2) is 4.98 Å². The van der Waals surface area contributed by atoms with Gasteiger partial charge in [0, 0.05) is 11.4 Å². The lowest BCUT2D eigenvalue weighted by Crippen LogP contribution is -1.91. The lowest BCUT2D eigenvalue weighted by molar-refractivity contribution is 0.253. The number of aromatic nitrogens is 1. The SMILES string of the molecule is CC(O)C#Cc1cnc(Oc2ccc(Nc3ccccc3)cc2)s1. The summed E-state index contributed by atoms with van der Waals surface area (Å²) in [6, 6.07) is 17.6. The third-order valence-corrected chi connectivity index (χ3v) is 3.80. The molecule has 0 saturated carbocycles. The number of para-hydroxylation sites is 1. The van der Waals surface area contributed by atoms with Gasteiger partial charge >= 0.3 is 0 Å². The molecule has 0 radical (unpaired) electrons. The molecule has 1 aromatic heterocycles. The average molecular weight is 336 g/mol. The van der Waals surface area contributed by atoms with E-state index in [0.29, 0.717) is 10.9 Å². The van der Waals surface area contributed by atoms with Crippen LogP contribution >= 0.6 is 11.3 Å². The number of aliphatic hydroxyl groups excluding tert-OH is 1. The molecule has 0 aliphatic carbocycles. The summed E-state index contributed by atoms with van der Waals surface area (Å²) in [4.78, 5) is 4.93. The Hall–Kier alpha value is -2.81. The molecule has 0 saturated heterocycles. The standard InChI is InChI=1S/C19H16N2O2S/c1-14(22)7-12-18-13-20-19(24-18)23-17-10-8-16(9-11-17)21-15-5-3-2-4-6-15/h2-6,8-11,13-14,21-22H,1H3. The van der Waals surface area contributed by atoms with Crippen LogP contribution in [0.1, 0.15) is 11.8 Å². The van der Waals surface area contributed by atoms with E-state index in [2.05, 4.69) is 22.1 Å². The molecule has 3 aromatic rings. The van der Waals surface area contributed by atoms with Crippen LogP contribution in [0.2, 0.25) is 0 Å². The Labute approximate surface area is 144 Å². The van der Waals surface area contributed by atoms with Crippen LogP contribution in [0.4, 0.5) is 11.4 Å². The zero-order valence-electron chi connectivity index (χ0n) is 13.1. The molecule has 120 valence electrons. The summed E-state index contributed by atoms with van der Waals surface area (Å²) in [5, 5.41) is 13.0. The zero-order valence-corrected chi connectivity index (χ0v) is 13.9. The Balaban J connectivity index is 1.63. The number of rotatable bonds is 4. The Kier molecular flexibility index (Phi) is 5.12. The summed E-state index contributed by atoms with van der Waals surface area (Å²) < 4.78 is 5.72. The predicted molar refractivity (Wildman–Crippen MR) is 96.9 cm³/mol. The fourth-order valence-corrected chi connectivity index (χ4v) is 2.58. The van der Waals surface area contributed by atoms with Crippen LogP contribution < -0.4 is 10.1 Å². The lowest BCUT2D eigenvalue weighted by Gasteiger charge is -2.07. The van der Waals surface area contributed by atoms with Crippen molar-refractivity contribution in [2.24, 2.45) is 0 Å². The van der Waals surface area contributed by atoms with Gasteiger partial charge in [0.1, 0.15) is 16.7 Å². The van der Waals surface area contributed by atoms with E-state index in [9.17, 15) is 0 Å². The van der Waals surface area contributed by atoms with Crippen LogP contribution in [0.3, 0.4) is 0 Å². The minimum atomic E-state index is -0.652. The van der Waals surface area contributed by atoms with Crippen molar-refractivity contribution in [3.05, 3.63) is 65.7 Å². The molecule has 2 N–H and O–H groups in total. The molecule has 0 spiro atoms. The molecule has 0 aliphatic rings. The van der Waals surface area contributed by atoms with Crippen molar-refractivity contribution >= 4 is 22.7 Å². The van der Waals surface area contributed by atoms with Crippen molar-refractivity contribution in [3.8, 4) is 22.8 Å². The number of benzene rings is 2. The minimum absolute atomic E-state index is 0.522. The molecule has 1 heterocycles. The summed E-state index contributed by atoms with van der Waals surface area (Å²) in [5.74, 6) is 6.24. The highest BCUT2D eigenvalue weighted by Crippen LogP contribution is 2.27. The monoisotopic (exact) mass is 336 g/mol. The number of hydrogen-bond acceptors (Lipinski definition) is 5. The van der Waals surface area contributed by atoms with Crippen molar-refractivity contribution < 1.29 is 9.84 Å². The van der Waals surface area contributed by atoms with Gasteiger partial charge in [-0.2, -0.15) is 0 Å². The highest BCUT2D eigenvalue weighted by Gasteiger charge is 2.03. The van der Waals surface area contributed by atoms with E-state index in [4.69, 9.17) is 9.84 Å². The van der Waals surface area contributed by atoms with E-state index in [0.717, 1.165) is 16.3 Å². The van der Waals surface area contributed by atoms with Crippen LogP contribution in [0.15, 0.2) is 60.8 Å². The number of anilines is 2. The molecule has 24 heavy (non-hydrogen) atoms. The van der Waals surface area contributed by atoms with E-state index in [1.54, 1.807) is 13.1 Å². The molecule has 1 atom stereocenters. The molecule has 4 nitrogen and oxygen atoms in total. The van der Waals surface area contributed by atoms with Gasteiger partial charge in [-0.05, 0) is 43.3 Å². The highest BCUT2D eigenvalue weighted by molar-refractivity contribution is 7.13. The highest BCUT2D eigenvalue weighted by atomic mass is 32.1. The lowest BCUT2D eigenvalue weighted by atomic mass is 10.2. The molecular formula is C19H16N2O2S. The van der Waals surface area contributed by atoms with E-state index < -0.39 is 6.10 Å². The molecule has 0 fully saturated rings. The van der Waals surface area contributed by atoms with Crippen LogP contribution in [-0.4, -0.2) is 16.2 Å². The van der Waals surface area contributed by atoms with Gasteiger partial charge < -0.3 is 15.2 Å². The number of nitrogens with one attached hydrogen (secondary N) is 1. The maximum absolute atomic E-state index is 9.16. The first kappa shape index (κ1) is 16.1. The largest absolute Gasteiger partial charge is 0.431 e. The fourth-order valence-electron chi connectivity index (χ4n) is 1.93. The summed E-state index contributed by atoms with van der Waals surface area (Å²) in [6.45, 7) is 1.62. The Bertz CT molecular complexity index is 846. The average Bonchev–Trinajstić information content (AvgIpc) is 3.03. The van der Waals surface area contributed by atoms with E-state index >= 15 is 0 Å². The minimum Gasteiger partial charge on any atom is -0.431 e. The van der Waals surface area contributed by atoms with Gasteiger partial charge in [0.05, 0.1) is 6.20 Å². The number of nitrogens with zero attached hydrogens (tertiary/aromatic N) is 1. The van der Waals surface area contributed by atoms with Gasteiger partial charge in [-0.3, -0.25) is 0 Å². The number of ether oxygens (including phenoxy) is 1. The van der Waals surface area contributed by atoms with Crippen molar-refractivity contribution in [1.29, 1.82) is 0 Å². The third kappa shape index (κ3) is 4.59. The molecule has 0 amide bonds. The van der Waals surface area contributed by atoms with Gasteiger partial charge in [0.2, 0.25) is 0 Å². The predicted octanol–water partition coefficient (Wildman–Crippen LogP) is 4.41. The summed E-state index contributed by atoms with van der Waals surface area (Å²) in [7, 11) is 0. The quantitative estimate of drug-likeness (QED) is 0.693. The Morgan fingerprint density at radius 3 is 2.50 bits per heavy atom. The topological polar surface area (TPSA) is 54.4 Å². The van der Waals surface area contributed by atoms with Crippen molar-refractivity contribution in [1.82, 2.24) is 4.98 Å². The van der Waals surface area contributed by atoms with Gasteiger partial charge in [0.25, 0.3) is 5.19 Å². The molecule has 2 aromatic carbocycles. The summed E-state index contributed by atoms with van der Waals surface area (Å²) in [5.41, 5.74) is 2.02. The number of hydrogen-bond donors (Lipinski definition) is 2. The third-order valence-electron chi connectivity index (χ3n) is 3.01. The van der Waals surface area contributed by atoms with E-state index in [1.807, 2.05) is 54.6 Å². The van der Waals surface area contributed by atoms with Crippen molar-refractivity contribution in [3.63, 3.8) is 0 Å². The molecule has 3 rings (SSSR count). The smallest absolute Gasteiger partial charge is 0.279 e. The molecule has 0 bridgehead atoms. The Morgan fingerprint density at radius 2 is 1.79 bits per heavy atom. The zero-order chi connectivity index (χ0) is 16.8. The van der Waals surface area contributed by atoms with Gasteiger partial charge in [-0.1, -0.05) is 41.4 Å². The van der Waals surface area contributed by atoms with Crippen molar-refractivity contribution in [2.75, 3.05) is 5.32 Å². The number of thiazole rings is 1. The summed E-state index contributed by atoms with van der Waals surface area (Å²) >= 11 is 1.34. The van der Waals surface area contributed by atoms with Crippen molar-refractivity contribution in [2.45, 2.75) is 13.0 Å². The van der Waals surface area contributed by atoms with Crippen LogP contribution in [0.25, 0.3) is 0 Å². The second kappa shape index (κ2) is 7.64. The normalized spacial score (nSPS) is 11.2. The second-order valence-electron chi connectivity index (χ2n) is 5.05. The summed E-state index contributed by atoms with van der Waals surface area (Å²) in [6.07, 6.45) is 0.988. The molecule has 5 heteroatoms. The fraction of sp³-hybridized carbons (Fsp3) is 0.105.